The molecule has 1 heterocycles. The number of phenolic OH excluding ortho intramolecular Hbond substituents is 1. The predicted molar refractivity (Wildman–Crippen MR) is 70.3 cm³/mol. The Balaban J connectivity index is 2.10. The minimum absolute atomic E-state index is 0.240. The fourth-order valence-electron chi connectivity index (χ4n) is 2.03. The van der Waals surface area contributed by atoms with Crippen molar-refractivity contribution in [1.29, 1.82) is 0 Å². The standard InChI is InChI=1S/C15H11N2O.Zn/c18-15-9-5-4-8-14(15)17-11-10-13(16-17)12-6-2-1-3-7-12;/h1-9,11,18H;. The molecule has 3 rings (SSSR count). The van der Waals surface area contributed by atoms with Gasteiger partial charge in [0.1, 0.15) is 0 Å². The van der Waals surface area contributed by atoms with Crippen LogP contribution in [0.3, 0.4) is 0 Å². The molecule has 3 nitrogen and oxygen atoms in total. The van der Waals surface area contributed by atoms with Crippen molar-refractivity contribution >= 4 is 4.16 Å². The van der Waals surface area contributed by atoms with E-state index in [0.29, 0.717) is 5.69 Å². The number of phenols is 1. The summed E-state index contributed by atoms with van der Waals surface area (Å²) in [6, 6.07) is 17.3. The van der Waals surface area contributed by atoms with Crippen LogP contribution >= 0.6 is 0 Å². The predicted octanol–water partition coefficient (Wildman–Crippen LogP) is 2.42. The maximum atomic E-state index is 9.88. The molecule has 3 aromatic rings. The Morgan fingerprint density at radius 3 is 2.37 bits per heavy atom. The summed E-state index contributed by atoms with van der Waals surface area (Å²) in [7, 11) is 0. The molecular weight excluding hydrogens is 290 g/mol. The Morgan fingerprint density at radius 2 is 1.63 bits per heavy atom. The minimum atomic E-state index is 0.240. The van der Waals surface area contributed by atoms with Crippen molar-refractivity contribution in [3.8, 4) is 22.7 Å². The number of para-hydroxylation sites is 2. The fraction of sp³-hybridized carbons (Fsp3) is 0. The topological polar surface area (TPSA) is 38.0 Å². The molecule has 1 N–H and O–H groups in total. The van der Waals surface area contributed by atoms with Crippen molar-refractivity contribution in [2.24, 2.45) is 0 Å². The molecule has 0 amide bonds. The number of hydrogen-bond acceptors (Lipinski definition) is 2. The second-order valence-electron chi connectivity index (χ2n) is 4.30. The van der Waals surface area contributed by atoms with Gasteiger partial charge < -0.3 is 0 Å². The van der Waals surface area contributed by atoms with E-state index in [9.17, 15) is 5.11 Å². The van der Waals surface area contributed by atoms with Gasteiger partial charge in [0.15, 0.2) is 0 Å². The van der Waals surface area contributed by atoms with Crippen LogP contribution in [0.5, 0.6) is 5.75 Å². The Labute approximate surface area is 121 Å². The molecule has 19 heavy (non-hydrogen) atoms. The van der Waals surface area contributed by atoms with Crippen molar-refractivity contribution in [1.82, 2.24) is 9.78 Å². The van der Waals surface area contributed by atoms with E-state index in [1.54, 1.807) is 16.8 Å². The normalized spacial score (nSPS) is 10.6. The van der Waals surface area contributed by atoms with E-state index < -0.39 is 0 Å². The van der Waals surface area contributed by atoms with E-state index in [1.165, 1.54) is 4.16 Å². The first-order valence-electron chi connectivity index (χ1n) is 6.01. The maximum absolute atomic E-state index is 9.88. The van der Waals surface area contributed by atoms with E-state index in [0.717, 1.165) is 29.6 Å². The zero-order valence-electron chi connectivity index (χ0n) is 10.3. The van der Waals surface area contributed by atoms with Crippen LogP contribution in [0.4, 0.5) is 0 Å². The summed E-state index contributed by atoms with van der Waals surface area (Å²) < 4.78 is 2.95. The summed E-state index contributed by atoms with van der Waals surface area (Å²) in [4.78, 5) is 0. The van der Waals surface area contributed by atoms with E-state index in [1.807, 2.05) is 36.5 Å². The van der Waals surface area contributed by atoms with Crippen molar-refractivity contribution in [2.45, 2.75) is 0 Å². The number of hydrogen-bond donors (Lipinski definition) is 1. The summed E-state index contributed by atoms with van der Waals surface area (Å²) in [5, 5.41) is 14.5. The summed E-state index contributed by atoms with van der Waals surface area (Å²) >= 11 is 1.03. The number of rotatable bonds is 2. The molecule has 0 aliphatic carbocycles. The van der Waals surface area contributed by atoms with Crippen LogP contribution in [0.25, 0.3) is 16.9 Å². The third-order valence-corrected chi connectivity index (χ3v) is 4.05. The third-order valence-electron chi connectivity index (χ3n) is 2.97. The second-order valence-corrected chi connectivity index (χ2v) is 5.90. The number of aromatic nitrogens is 2. The van der Waals surface area contributed by atoms with Gasteiger partial charge >= 0.3 is 121 Å². The number of benzene rings is 2. The molecule has 0 aliphatic heterocycles. The van der Waals surface area contributed by atoms with Crippen LogP contribution in [0, 0.1) is 0 Å². The Hall–Kier alpha value is -1.93. The molecule has 0 unspecified atom stereocenters. The van der Waals surface area contributed by atoms with Gasteiger partial charge in [-0.25, -0.2) is 0 Å². The van der Waals surface area contributed by atoms with E-state index in [-0.39, 0.29) is 5.75 Å². The van der Waals surface area contributed by atoms with Gasteiger partial charge in [0.2, 0.25) is 0 Å². The summed E-state index contributed by atoms with van der Waals surface area (Å²) in [6.07, 6.45) is 1.98. The molecule has 2 aromatic carbocycles. The number of nitrogens with zero attached hydrogens (tertiary/aromatic N) is 2. The monoisotopic (exact) mass is 299 g/mol. The molecule has 4 heteroatoms. The van der Waals surface area contributed by atoms with Crippen molar-refractivity contribution in [3.63, 3.8) is 0 Å². The third kappa shape index (κ3) is 2.32. The molecule has 89 valence electrons. The first-order valence-corrected chi connectivity index (χ1v) is 7.49. The van der Waals surface area contributed by atoms with Gasteiger partial charge in [-0.15, -0.1) is 0 Å². The van der Waals surface area contributed by atoms with Gasteiger partial charge in [-0.1, -0.05) is 0 Å². The summed E-state index contributed by atoms with van der Waals surface area (Å²) in [6.45, 7) is 0. The van der Waals surface area contributed by atoms with Gasteiger partial charge in [0, 0.05) is 0 Å². The van der Waals surface area contributed by atoms with E-state index >= 15 is 0 Å². The fourth-order valence-corrected chi connectivity index (χ4v) is 2.97. The summed E-state index contributed by atoms with van der Waals surface area (Å²) in [5.74, 6) is 0.240. The van der Waals surface area contributed by atoms with Gasteiger partial charge in [-0.3, -0.25) is 0 Å². The van der Waals surface area contributed by atoms with Crippen molar-refractivity contribution in [2.75, 3.05) is 0 Å². The van der Waals surface area contributed by atoms with E-state index in [2.05, 4.69) is 17.2 Å². The van der Waals surface area contributed by atoms with Gasteiger partial charge in [0.25, 0.3) is 0 Å². The molecule has 0 atom stereocenters. The number of aromatic hydroxyl groups is 1. The van der Waals surface area contributed by atoms with Crippen molar-refractivity contribution < 1.29 is 23.4 Å². The van der Waals surface area contributed by atoms with Gasteiger partial charge in [-0.2, -0.15) is 0 Å². The first-order chi connectivity index (χ1) is 9.25. The zero-order valence-corrected chi connectivity index (χ0v) is 13.3. The Morgan fingerprint density at radius 1 is 0.947 bits per heavy atom. The average Bonchev–Trinajstić information content (AvgIpc) is 2.82. The van der Waals surface area contributed by atoms with Crippen LogP contribution in [0.1, 0.15) is 0 Å². The van der Waals surface area contributed by atoms with Crippen LogP contribution in [-0.2, 0) is 18.3 Å². The van der Waals surface area contributed by atoms with Crippen LogP contribution in [0.15, 0.2) is 60.8 Å². The molecule has 0 aliphatic rings. The SMILES string of the molecule is Oc1ccccc1-n1c[c]([Zn])c(-c2ccccc2)n1. The molecule has 0 spiro atoms. The Bertz CT molecular complexity index is 707. The molecule has 0 radical (unpaired) electrons. The second kappa shape index (κ2) is 4.98. The van der Waals surface area contributed by atoms with Gasteiger partial charge in [0.05, 0.1) is 0 Å². The Kier molecular flexibility index (Phi) is 3.18. The molecule has 0 bridgehead atoms. The molecule has 0 fully saturated rings. The quantitative estimate of drug-likeness (QED) is 0.738. The van der Waals surface area contributed by atoms with Crippen molar-refractivity contribution in [3.05, 3.63) is 60.8 Å². The molecule has 0 saturated heterocycles. The first kappa shape index (κ1) is 12.1. The molecular formula is C15H11N2OZn. The molecule has 0 saturated carbocycles. The zero-order chi connectivity index (χ0) is 13.2. The van der Waals surface area contributed by atoms with E-state index in [4.69, 9.17) is 0 Å². The average molecular weight is 301 g/mol. The molecule has 1 aromatic heterocycles. The summed E-state index contributed by atoms with van der Waals surface area (Å²) in [5.41, 5.74) is 2.81. The van der Waals surface area contributed by atoms with Crippen LogP contribution in [-0.4, -0.2) is 14.9 Å². The van der Waals surface area contributed by atoms with Gasteiger partial charge in [-0.05, 0) is 0 Å². The van der Waals surface area contributed by atoms with Crippen LogP contribution < -0.4 is 4.16 Å². The van der Waals surface area contributed by atoms with Crippen LogP contribution in [0.2, 0.25) is 0 Å².